The molecule has 0 radical (unpaired) electrons. The van der Waals surface area contributed by atoms with E-state index in [2.05, 4.69) is 15.1 Å². The van der Waals surface area contributed by atoms with Crippen molar-refractivity contribution in [1.82, 2.24) is 19.7 Å². The number of fused-ring (bicyclic) bond motifs is 1. The number of ether oxygens (including phenoxy) is 1. The zero-order valence-electron chi connectivity index (χ0n) is 8.78. The van der Waals surface area contributed by atoms with E-state index in [9.17, 15) is 0 Å². The lowest BCUT2D eigenvalue weighted by molar-refractivity contribution is 0.331. The average molecular weight is 227 g/mol. The normalized spacial score (nSPS) is 10.9. The predicted octanol–water partition coefficient (Wildman–Crippen LogP) is 1.72. The molecule has 15 heavy (non-hydrogen) atoms. The fourth-order valence-electron chi connectivity index (χ4n) is 1.52. The van der Waals surface area contributed by atoms with Gasteiger partial charge in [0.05, 0.1) is 12.3 Å². The summed E-state index contributed by atoms with van der Waals surface area (Å²) in [4.78, 5) is 8.16. The van der Waals surface area contributed by atoms with E-state index < -0.39 is 0 Å². The maximum atomic E-state index is 5.80. The lowest BCUT2D eigenvalue weighted by Gasteiger charge is -2.03. The van der Waals surface area contributed by atoms with Crippen LogP contribution in [0.2, 0.25) is 5.28 Å². The molecule has 6 heteroatoms. The number of hydrogen-bond donors (Lipinski definition) is 0. The van der Waals surface area contributed by atoms with Gasteiger partial charge in [-0.2, -0.15) is 15.1 Å². The maximum absolute atomic E-state index is 5.80. The maximum Gasteiger partial charge on any atom is 0.229 e. The van der Waals surface area contributed by atoms with Gasteiger partial charge in [-0.05, 0) is 25.4 Å². The second-order valence-electron chi connectivity index (χ2n) is 3.14. The third kappa shape index (κ3) is 1.63. The molecule has 5 nitrogen and oxygen atoms in total. The second-order valence-corrected chi connectivity index (χ2v) is 3.48. The molecule has 0 bridgehead atoms. The summed E-state index contributed by atoms with van der Waals surface area (Å²) in [6.45, 7) is 4.33. The van der Waals surface area contributed by atoms with Crippen molar-refractivity contribution in [1.29, 1.82) is 0 Å². The lowest BCUT2D eigenvalue weighted by Crippen LogP contribution is -1.98. The van der Waals surface area contributed by atoms with E-state index in [-0.39, 0.29) is 5.28 Å². The van der Waals surface area contributed by atoms with Crippen LogP contribution in [-0.4, -0.2) is 26.4 Å². The quantitative estimate of drug-likeness (QED) is 0.732. The molecule has 80 valence electrons. The van der Waals surface area contributed by atoms with Crippen LogP contribution in [0, 0.1) is 6.92 Å². The Morgan fingerprint density at radius 3 is 2.80 bits per heavy atom. The SMILES string of the molecule is CCOc1nc(Cl)nc2c1c(C)nn2C. The summed E-state index contributed by atoms with van der Waals surface area (Å²) < 4.78 is 7.07. The first-order chi connectivity index (χ1) is 7.13. The summed E-state index contributed by atoms with van der Waals surface area (Å²) in [7, 11) is 1.81. The standard InChI is InChI=1S/C9H11ClN4O/c1-4-15-8-6-5(2)13-14(3)7(6)11-9(10)12-8/h4H2,1-3H3. The first-order valence-electron chi connectivity index (χ1n) is 4.63. The van der Waals surface area contributed by atoms with Gasteiger partial charge in [0.25, 0.3) is 0 Å². The highest BCUT2D eigenvalue weighted by Crippen LogP contribution is 2.26. The van der Waals surface area contributed by atoms with Gasteiger partial charge in [0, 0.05) is 7.05 Å². The molecule has 0 unspecified atom stereocenters. The van der Waals surface area contributed by atoms with Crippen LogP contribution < -0.4 is 4.74 Å². The Labute approximate surface area is 92.0 Å². The van der Waals surface area contributed by atoms with Gasteiger partial charge >= 0.3 is 0 Å². The highest BCUT2D eigenvalue weighted by molar-refractivity contribution is 6.28. The summed E-state index contributed by atoms with van der Waals surface area (Å²) in [5, 5.41) is 5.25. The van der Waals surface area contributed by atoms with Crippen LogP contribution in [0.5, 0.6) is 5.88 Å². The first-order valence-corrected chi connectivity index (χ1v) is 5.01. The zero-order chi connectivity index (χ0) is 11.0. The number of rotatable bonds is 2. The van der Waals surface area contributed by atoms with Crippen molar-refractivity contribution in [3.63, 3.8) is 0 Å². The lowest BCUT2D eigenvalue weighted by atomic mass is 10.3. The smallest absolute Gasteiger partial charge is 0.229 e. The summed E-state index contributed by atoms with van der Waals surface area (Å²) in [5.41, 5.74) is 1.53. The average Bonchev–Trinajstić information content (AvgIpc) is 2.42. The van der Waals surface area contributed by atoms with Gasteiger partial charge in [-0.1, -0.05) is 0 Å². The Bertz CT molecular complexity index is 508. The van der Waals surface area contributed by atoms with Crippen molar-refractivity contribution in [3.05, 3.63) is 11.0 Å². The largest absolute Gasteiger partial charge is 0.477 e. The second kappa shape index (κ2) is 3.66. The molecule has 0 aliphatic rings. The Hall–Kier alpha value is -1.36. The van der Waals surface area contributed by atoms with Crippen LogP contribution in [0.4, 0.5) is 0 Å². The molecule has 2 rings (SSSR count). The first kappa shape index (κ1) is 10.2. The Morgan fingerprint density at radius 1 is 1.40 bits per heavy atom. The molecule has 0 N–H and O–H groups in total. The van der Waals surface area contributed by atoms with E-state index in [0.717, 1.165) is 11.1 Å². The van der Waals surface area contributed by atoms with Gasteiger partial charge in [-0.3, -0.25) is 0 Å². The molecule has 0 saturated carbocycles. The van der Waals surface area contributed by atoms with Crippen LogP contribution in [0.1, 0.15) is 12.6 Å². The monoisotopic (exact) mass is 226 g/mol. The molecular formula is C9H11ClN4O. The molecule has 0 spiro atoms. The number of aryl methyl sites for hydroxylation is 2. The van der Waals surface area contributed by atoms with E-state index in [1.54, 1.807) is 4.68 Å². The molecule has 2 heterocycles. The Morgan fingerprint density at radius 2 is 2.13 bits per heavy atom. The number of aromatic nitrogens is 4. The van der Waals surface area contributed by atoms with Gasteiger partial charge in [0.2, 0.25) is 11.2 Å². The van der Waals surface area contributed by atoms with E-state index >= 15 is 0 Å². The Balaban J connectivity index is 2.77. The molecule has 0 amide bonds. The van der Waals surface area contributed by atoms with Crippen LogP contribution in [0.15, 0.2) is 0 Å². The van der Waals surface area contributed by atoms with E-state index in [0.29, 0.717) is 18.1 Å². The highest BCUT2D eigenvalue weighted by Gasteiger charge is 2.14. The topological polar surface area (TPSA) is 52.8 Å². The molecule has 0 aliphatic carbocycles. The van der Waals surface area contributed by atoms with Crippen molar-refractivity contribution in [3.8, 4) is 5.88 Å². The van der Waals surface area contributed by atoms with Gasteiger partial charge in [0.1, 0.15) is 5.39 Å². The van der Waals surface area contributed by atoms with Crippen LogP contribution in [-0.2, 0) is 7.05 Å². The van der Waals surface area contributed by atoms with Crippen molar-refractivity contribution in [2.45, 2.75) is 13.8 Å². The molecule has 0 saturated heterocycles. The van der Waals surface area contributed by atoms with E-state index in [4.69, 9.17) is 16.3 Å². The molecule has 2 aromatic heterocycles. The van der Waals surface area contributed by atoms with Crippen LogP contribution >= 0.6 is 11.6 Å². The van der Waals surface area contributed by atoms with Gasteiger partial charge in [0.15, 0.2) is 5.65 Å². The molecule has 2 aromatic rings. The predicted molar refractivity (Wildman–Crippen MR) is 57.2 cm³/mol. The summed E-state index contributed by atoms with van der Waals surface area (Å²) in [6, 6.07) is 0. The van der Waals surface area contributed by atoms with E-state index in [1.807, 2.05) is 20.9 Å². The number of hydrogen-bond acceptors (Lipinski definition) is 4. The molecule has 0 fully saturated rings. The number of nitrogens with zero attached hydrogens (tertiary/aromatic N) is 4. The minimum absolute atomic E-state index is 0.175. The summed E-state index contributed by atoms with van der Waals surface area (Å²) in [6.07, 6.45) is 0. The van der Waals surface area contributed by atoms with Gasteiger partial charge in [-0.25, -0.2) is 4.68 Å². The van der Waals surface area contributed by atoms with Crippen molar-refractivity contribution >= 4 is 22.6 Å². The molecular weight excluding hydrogens is 216 g/mol. The van der Waals surface area contributed by atoms with Crippen molar-refractivity contribution in [2.24, 2.45) is 7.05 Å². The fraction of sp³-hybridized carbons (Fsp3) is 0.444. The zero-order valence-corrected chi connectivity index (χ0v) is 9.54. The fourth-order valence-corrected chi connectivity index (χ4v) is 1.67. The Kier molecular flexibility index (Phi) is 2.48. The minimum atomic E-state index is 0.175. The van der Waals surface area contributed by atoms with Crippen LogP contribution in [0.3, 0.4) is 0 Å². The third-order valence-electron chi connectivity index (χ3n) is 2.08. The molecule has 0 aliphatic heterocycles. The van der Waals surface area contributed by atoms with Gasteiger partial charge in [-0.15, -0.1) is 0 Å². The molecule has 0 atom stereocenters. The van der Waals surface area contributed by atoms with Gasteiger partial charge < -0.3 is 4.74 Å². The summed E-state index contributed by atoms with van der Waals surface area (Å²) in [5.74, 6) is 0.498. The van der Waals surface area contributed by atoms with Crippen molar-refractivity contribution < 1.29 is 4.74 Å². The van der Waals surface area contributed by atoms with Crippen molar-refractivity contribution in [2.75, 3.05) is 6.61 Å². The number of halogens is 1. The third-order valence-corrected chi connectivity index (χ3v) is 2.25. The minimum Gasteiger partial charge on any atom is -0.477 e. The van der Waals surface area contributed by atoms with E-state index in [1.165, 1.54) is 0 Å². The molecule has 0 aromatic carbocycles. The summed E-state index contributed by atoms with van der Waals surface area (Å²) >= 11 is 5.80. The van der Waals surface area contributed by atoms with Crippen LogP contribution in [0.25, 0.3) is 11.0 Å². The highest BCUT2D eigenvalue weighted by atomic mass is 35.5.